The molecule has 0 atom stereocenters. The van der Waals surface area contributed by atoms with Crippen molar-refractivity contribution >= 4 is 34.4 Å². The SMILES string of the molecule is CN(C)C(=O)c1ccc(CNC(=O)COc2ccc(I)cc2)cc1. The molecule has 6 heteroatoms. The Bertz CT molecular complexity index is 697. The molecule has 2 amide bonds. The first-order valence-corrected chi connectivity index (χ1v) is 8.49. The van der Waals surface area contributed by atoms with Crippen LogP contribution in [0.25, 0.3) is 0 Å². The van der Waals surface area contributed by atoms with Crippen molar-refractivity contribution < 1.29 is 14.3 Å². The van der Waals surface area contributed by atoms with Gasteiger partial charge in [0.25, 0.3) is 11.8 Å². The Morgan fingerprint density at radius 2 is 1.67 bits per heavy atom. The maximum absolute atomic E-state index is 11.8. The minimum atomic E-state index is -0.193. The fourth-order valence-corrected chi connectivity index (χ4v) is 2.31. The molecule has 2 rings (SSSR count). The first kappa shape index (κ1) is 18.3. The standard InChI is InChI=1S/C18H19IN2O3/c1-21(2)18(23)14-5-3-13(4-6-14)11-20-17(22)12-24-16-9-7-15(19)8-10-16/h3-10H,11-12H2,1-2H3,(H,20,22). The highest BCUT2D eigenvalue weighted by Gasteiger charge is 2.08. The van der Waals surface area contributed by atoms with Crippen LogP contribution in [0.1, 0.15) is 15.9 Å². The van der Waals surface area contributed by atoms with Crippen LogP contribution in [0.2, 0.25) is 0 Å². The van der Waals surface area contributed by atoms with E-state index in [9.17, 15) is 9.59 Å². The van der Waals surface area contributed by atoms with Gasteiger partial charge >= 0.3 is 0 Å². The Morgan fingerprint density at radius 1 is 1.04 bits per heavy atom. The molecule has 0 aliphatic rings. The van der Waals surface area contributed by atoms with E-state index in [0.717, 1.165) is 9.13 Å². The first-order valence-electron chi connectivity index (χ1n) is 7.41. The van der Waals surface area contributed by atoms with Gasteiger partial charge in [0.2, 0.25) is 0 Å². The molecule has 0 saturated carbocycles. The second-order valence-electron chi connectivity index (χ2n) is 5.42. The second kappa shape index (κ2) is 8.68. The van der Waals surface area contributed by atoms with Gasteiger partial charge in [-0.05, 0) is 64.6 Å². The molecule has 5 nitrogen and oxygen atoms in total. The van der Waals surface area contributed by atoms with E-state index in [2.05, 4.69) is 27.9 Å². The molecule has 24 heavy (non-hydrogen) atoms. The Morgan fingerprint density at radius 3 is 2.25 bits per heavy atom. The lowest BCUT2D eigenvalue weighted by Crippen LogP contribution is -2.28. The molecule has 0 bridgehead atoms. The number of nitrogens with one attached hydrogen (secondary N) is 1. The van der Waals surface area contributed by atoms with Gasteiger partial charge in [0.1, 0.15) is 5.75 Å². The van der Waals surface area contributed by atoms with Crippen LogP contribution in [0, 0.1) is 3.57 Å². The van der Waals surface area contributed by atoms with Crippen molar-refractivity contribution in [3.8, 4) is 5.75 Å². The minimum Gasteiger partial charge on any atom is -0.484 e. The summed E-state index contributed by atoms with van der Waals surface area (Å²) >= 11 is 2.21. The number of amides is 2. The molecule has 0 aromatic heterocycles. The molecule has 126 valence electrons. The fourth-order valence-electron chi connectivity index (χ4n) is 1.95. The third-order valence-corrected chi connectivity index (χ3v) is 4.00. The molecular weight excluding hydrogens is 419 g/mol. The topological polar surface area (TPSA) is 58.6 Å². The number of hydrogen-bond donors (Lipinski definition) is 1. The van der Waals surface area contributed by atoms with Crippen LogP contribution in [0.15, 0.2) is 48.5 Å². The smallest absolute Gasteiger partial charge is 0.258 e. The second-order valence-corrected chi connectivity index (χ2v) is 6.66. The third-order valence-electron chi connectivity index (χ3n) is 3.28. The van der Waals surface area contributed by atoms with Gasteiger partial charge in [-0.2, -0.15) is 0 Å². The van der Waals surface area contributed by atoms with E-state index in [1.807, 2.05) is 36.4 Å². The lowest BCUT2D eigenvalue weighted by Gasteiger charge is -2.11. The predicted octanol–water partition coefficient (Wildman–Crippen LogP) is 2.69. The van der Waals surface area contributed by atoms with Gasteiger partial charge in [-0.1, -0.05) is 12.1 Å². The summed E-state index contributed by atoms with van der Waals surface area (Å²) in [5.41, 5.74) is 1.55. The number of ether oxygens (including phenoxy) is 1. The minimum absolute atomic E-state index is 0.0300. The number of nitrogens with zero attached hydrogens (tertiary/aromatic N) is 1. The summed E-state index contributed by atoms with van der Waals surface area (Å²) in [6.45, 7) is 0.364. The largest absolute Gasteiger partial charge is 0.484 e. The van der Waals surface area contributed by atoms with Crippen LogP contribution in [0.5, 0.6) is 5.75 Å². The van der Waals surface area contributed by atoms with Crippen molar-refractivity contribution in [3.63, 3.8) is 0 Å². The van der Waals surface area contributed by atoms with Gasteiger partial charge in [0.05, 0.1) is 0 Å². The third kappa shape index (κ3) is 5.52. The number of hydrogen-bond acceptors (Lipinski definition) is 3. The summed E-state index contributed by atoms with van der Waals surface area (Å²) in [6, 6.07) is 14.7. The van der Waals surface area contributed by atoms with Crippen LogP contribution in [0.4, 0.5) is 0 Å². The van der Waals surface area contributed by atoms with E-state index in [1.54, 1.807) is 26.2 Å². The summed E-state index contributed by atoms with van der Waals surface area (Å²) in [6.07, 6.45) is 0. The van der Waals surface area contributed by atoms with Crippen LogP contribution in [-0.4, -0.2) is 37.4 Å². The van der Waals surface area contributed by atoms with Crippen molar-refractivity contribution in [1.29, 1.82) is 0 Å². The molecule has 0 saturated heterocycles. The number of benzene rings is 2. The number of carbonyl (C=O) groups is 2. The number of halogens is 1. The number of rotatable bonds is 6. The van der Waals surface area contributed by atoms with Crippen LogP contribution in [0.3, 0.4) is 0 Å². The average Bonchev–Trinajstić information content (AvgIpc) is 2.59. The molecule has 0 aliphatic heterocycles. The van der Waals surface area contributed by atoms with Gasteiger partial charge in [-0.25, -0.2) is 0 Å². The van der Waals surface area contributed by atoms with E-state index < -0.39 is 0 Å². The molecule has 0 radical (unpaired) electrons. The van der Waals surface area contributed by atoms with E-state index in [1.165, 1.54) is 4.90 Å². The molecule has 2 aromatic rings. The molecule has 0 heterocycles. The van der Waals surface area contributed by atoms with Crippen molar-refractivity contribution in [3.05, 3.63) is 63.2 Å². The summed E-state index contributed by atoms with van der Waals surface area (Å²) in [4.78, 5) is 25.2. The molecule has 0 unspecified atom stereocenters. The highest BCUT2D eigenvalue weighted by Crippen LogP contribution is 2.13. The summed E-state index contributed by atoms with van der Waals surface area (Å²) < 4.78 is 6.53. The maximum atomic E-state index is 11.8. The van der Waals surface area contributed by atoms with Crippen LogP contribution >= 0.6 is 22.6 Å². The maximum Gasteiger partial charge on any atom is 0.258 e. The Labute approximate surface area is 155 Å². The zero-order valence-corrected chi connectivity index (χ0v) is 15.7. The highest BCUT2D eigenvalue weighted by atomic mass is 127. The van der Waals surface area contributed by atoms with Crippen molar-refractivity contribution in [2.24, 2.45) is 0 Å². The van der Waals surface area contributed by atoms with E-state index in [0.29, 0.717) is 17.9 Å². The first-order chi connectivity index (χ1) is 11.5. The Kier molecular flexibility index (Phi) is 6.60. The Hall–Kier alpha value is -2.09. The molecule has 0 aliphatic carbocycles. The molecule has 1 N–H and O–H groups in total. The van der Waals surface area contributed by atoms with Gasteiger partial charge < -0.3 is 15.0 Å². The van der Waals surface area contributed by atoms with Gasteiger partial charge in [-0.15, -0.1) is 0 Å². The molecule has 0 spiro atoms. The van der Waals surface area contributed by atoms with Crippen molar-refractivity contribution in [2.75, 3.05) is 20.7 Å². The quantitative estimate of drug-likeness (QED) is 0.706. The zero-order valence-electron chi connectivity index (χ0n) is 13.6. The van der Waals surface area contributed by atoms with Crippen LogP contribution in [-0.2, 0) is 11.3 Å². The van der Waals surface area contributed by atoms with Gasteiger partial charge in [0.15, 0.2) is 6.61 Å². The van der Waals surface area contributed by atoms with Gasteiger partial charge in [-0.3, -0.25) is 9.59 Å². The zero-order chi connectivity index (χ0) is 17.5. The Balaban J connectivity index is 1.79. The predicted molar refractivity (Wildman–Crippen MR) is 101 cm³/mol. The summed E-state index contributed by atoms with van der Waals surface area (Å²) in [5.74, 6) is 0.426. The monoisotopic (exact) mass is 438 g/mol. The van der Waals surface area contributed by atoms with Crippen molar-refractivity contribution in [2.45, 2.75) is 6.54 Å². The van der Waals surface area contributed by atoms with Crippen molar-refractivity contribution in [1.82, 2.24) is 10.2 Å². The molecule has 0 fully saturated rings. The fraction of sp³-hybridized carbons (Fsp3) is 0.222. The summed E-state index contributed by atoms with van der Waals surface area (Å²) in [5, 5.41) is 2.79. The van der Waals surface area contributed by atoms with Gasteiger partial charge in [0, 0.05) is 29.8 Å². The van der Waals surface area contributed by atoms with E-state index in [4.69, 9.17) is 4.74 Å². The normalized spacial score (nSPS) is 10.1. The number of carbonyl (C=O) groups excluding carboxylic acids is 2. The van der Waals surface area contributed by atoms with E-state index in [-0.39, 0.29) is 18.4 Å². The lowest BCUT2D eigenvalue weighted by molar-refractivity contribution is -0.123. The molecule has 2 aromatic carbocycles. The average molecular weight is 438 g/mol. The van der Waals surface area contributed by atoms with Crippen LogP contribution < -0.4 is 10.1 Å². The highest BCUT2D eigenvalue weighted by molar-refractivity contribution is 14.1. The lowest BCUT2D eigenvalue weighted by atomic mass is 10.1. The van der Waals surface area contributed by atoms with E-state index >= 15 is 0 Å². The molecular formula is C18H19IN2O3. The summed E-state index contributed by atoms with van der Waals surface area (Å²) in [7, 11) is 3.42.